The molecule has 3 aliphatic heterocycles. The molecule has 3 aliphatic rings. The lowest BCUT2D eigenvalue weighted by Crippen LogP contribution is -2.55. The summed E-state index contributed by atoms with van der Waals surface area (Å²) in [5.74, 6) is -3.50. The summed E-state index contributed by atoms with van der Waals surface area (Å²) in [4.78, 5) is 66.4. The van der Waals surface area contributed by atoms with Gasteiger partial charge < -0.3 is 48.6 Å². The van der Waals surface area contributed by atoms with Crippen molar-refractivity contribution in [2.45, 2.75) is 135 Å². The monoisotopic (exact) mass is 802 g/mol. The molecule has 308 valence electrons. The van der Waals surface area contributed by atoms with Crippen molar-refractivity contribution < 1.29 is 52.0 Å². The van der Waals surface area contributed by atoms with Crippen molar-refractivity contribution >= 4 is 31.8 Å². The number of carbonyl (C=O) groups is 3. The van der Waals surface area contributed by atoms with Crippen LogP contribution in [0.3, 0.4) is 0 Å². The van der Waals surface area contributed by atoms with Crippen molar-refractivity contribution in [1.82, 2.24) is 9.13 Å². The number of nitrogens with two attached hydrogens (primary N) is 1. The van der Waals surface area contributed by atoms with Crippen LogP contribution in [-0.4, -0.2) is 91.0 Å². The molecule has 5 rings (SSSR count). The third kappa shape index (κ3) is 9.17. The number of nitrogens with one attached hydrogen (secondary N) is 1. The van der Waals surface area contributed by atoms with Crippen molar-refractivity contribution in [1.29, 1.82) is 0 Å². The number of hydrogen-bond donors (Lipinski definition) is 2. The summed E-state index contributed by atoms with van der Waals surface area (Å²) >= 11 is 0. The fraction of sp³-hybridized carbons (Fsp3) is 0.605. The second-order valence-electron chi connectivity index (χ2n) is 17.0. The number of rotatable bonds is 12. The maximum absolute atomic E-state index is 14.0. The zero-order valence-electron chi connectivity index (χ0n) is 33.7. The van der Waals surface area contributed by atoms with Gasteiger partial charge in [-0.3, -0.25) is 23.7 Å². The Kier molecular flexibility index (Phi) is 12.3. The van der Waals surface area contributed by atoms with E-state index in [1.54, 1.807) is 65.0 Å². The Labute approximate surface area is 326 Å². The number of methoxy groups -OCH3 is 1. The average Bonchev–Trinajstić information content (AvgIpc) is 3.60. The molecule has 1 aromatic carbocycles. The highest BCUT2D eigenvalue weighted by Crippen LogP contribution is 2.44. The van der Waals surface area contributed by atoms with Crippen molar-refractivity contribution in [2.24, 2.45) is 11.1 Å². The SMILES string of the molecule is CO[C@H]1[C@@H](O[Si](C)(C)C(C)(C)C)[C@H](n2ccc(=O)n(COC(=O)C(C)(C)C)c2=O)O[C@@H]1[C@@H](O[C@H]1OC(C(=O)Nc2ccccc2)=C[C@@H]2OC(C)(C)O[C@H]12)C(N)=O. The van der Waals surface area contributed by atoms with Gasteiger partial charge in [0, 0.05) is 25.1 Å². The minimum absolute atomic E-state index is 0.154. The van der Waals surface area contributed by atoms with Crippen molar-refractivity contribution in [3.05, 3.63) is 75.3 Å². The van der Waals surface area contributed by atoms with E-state index in [9.17, 15) is 24.0 Å². The molecule has 17 nitrogen and oxygen atoms in total. The van der Waals surface area contributed by atoms with Gasteiger partial charge in [-0.15, -0.1) is 0 Å². The van der Waals surface area contributed by atoms with Gasteiger partial charge >= 0.3 is 11.7 Å². The lowest BCUT2D eigenvalue weighted by molar-refractivity contribution is -0.241. The standard InChI is InChI=1S/C38H54N4O13Si/c1-36(2,3)34(46)49-20-42-24(43)17-18-41(35(42)47)32-29(55-56(10,11)37(4,5)6)26(48-9)27(51-32)28(30(39)44)52-33-25-22(53-38(7,8)54-25)19-23(50-33)31(45)40-21-15-13-12-14-16-21/h12-19,22,25-29,32-33H,20H2,1-11H3,(H2,39,44)(H,40,45)/t22-,25-,26+,27-,28+,29+,32+,33+/m0/s1. The number of hydrogen-bond acceptors (Lipinski definition) is 13. The second-order valence-corrected chi connectivity index (χ2v) is 21.7. The van der Waals surface area contributed by atoms with Gasteiger partial charge in [-0.05, 0) is 71.0 Å². The Morgan fingerprint density at radius 3 is 2.25 bits per heavy atom. The number of anilines is 1. The molecule has 1 aromatic heterocycles. The predicted octanol–water partition coefficient (Wildman–Crippen LogP) is 3.13. The van der Waals surface area contributed by atoms with E-state index in [0.29, 0.717) is 5.69 Å². The Morgan fingerprint density at radius 2 is 1.66 bits per heavy atom. The van der Waals surface area contributed by atoms with Crippen LogP contribution in [0.25, 0.3) is 0 Å². The number of carbonyl (C=O) groups excluding carboxylic acids is 3. The quantitative estimate of drug-likeness (QED) is 0.234. The number of aromatic nitrogens is 2. The van der Waals surface area contributed by atoms with Crippen LogP contribution in [0.4, 0.5) is 5.69 Å². The molecule has 3 N–H and O–H groups in total. The van der Waals surface area contributed by atoms with E-state index in [1.807, 2.05) is 33.9 Å². The van der Waals surface area contributed by atoms with Gasteiger partial charge in [-0.25, -0.2) is 9.36 Å². The van der Waals surface area contributed by atoms with Gasteiger partial charge in [-0.2, -0.15) is 0 Å². The van der Waals surface area contributed by atoms with E-state index < -0.39 is 104 Å². The number of ether oxygens (including phenoxy) is 7. The van der Waals surface area contributed by atoms with Crippen molar-refractivity contribution in [3.63, 3.8) is 0 Å². The summed E-state index contributed by atoms with van der Waals surface area (Å²) < 4.78 is 51.1. The van der Waals surface area contributed by atoms with E-state index in [0.717, 1.165) is 15.2 Å². The van der Waals surface area contributed by atoms with Crippen LogP contribution in [0.5, 0.6) is 0 Å². The molecule has 0 radical (unpaired) electrons. The number of fused-ring (bicyclic) bond motifs is 1. The Balaban J connectivity index is 1.52. The number of benzene rings is 1. The third-order valence-corrected chi connectivity index (χ3v) is 14.6. The smallest absolute Gasteiger partial charge is 0.335 e. The first-order chi connectivity index (χ1) is 25.9. The molecule has 0 aliphatic carbocycles. The number of esters is 1. The van der Waals surface area contributed by atoms with Gasteiger partial charge in [0.15, 0.2) is 45.0 Å². The summed E-state index contributed by atoms with van der Waals surface area (Å²) in [5.41, 5.74) is 4.04. The van der Waals surface area contributed by atoms with Gasteiger partial charge in [0.05, 0.1) is 5.41 Å². The Hall–Kier alpha value is -4.17. The average molecular weight is 803 g/mol. The van der Waals surface area contributed by atoms with E-state index in [2.05, 4.69) is 5.32 Å². The number of para-hydroxylation sites is 1. The summed E-state index contributed by atoms with van der Waals surface area (Å²) in [6.07, 6.45) is -6.95. The highest BCUT2D eigenvalue weighted by molar-refractivity contribution is 6.74. The van der Waals surface area contributed by atoms with Gasteiger partial charge in [-0.1, -0.05) is 39.0 Å². The zero-order chi connectivity index (χ0) is 41.5. The highest BCUT2D eigenvalue weighted by atomic mass is 28.4. The van der Waals surface area contributed by atoms with Crippen LogP contribution < -0.4 is 22.3 Å². The van der Waals surface area contributed by atoms with Crippen molar-refractivity contribution in [3.8, 4) is 0 Å². The molecular formula is C38H54N4O13Si. The van der Waals surface area contributed by atoms with Crippen molar-refractivity contribution in [2.75, 3.05) is 12.4 Å². The molecule has 0 unspecified atom stereocenters. The fourth-order valence-corrected chi connectivity index (χ4v) is 7.45. The van der Waals surface area contributed by atoms with E-state index in [-0.39, 0.29) is 10.8 Å². The molecule has 4 heterocycles. The summed E-state index contributed by atoms with van der Waals surface area (Å²) in [6.45, 7) is 17.7. The lowest BCUT2D eigenvalue weighted by atomic mass is 9.98. The normalized spacial score (nSPS) is 26.8. The third-order valence-electron chi connectivity index (χ3n) is 10.1. The molecule has 2 fully saturated rings. The molecule has 2 saturated heterocycles. The number of amides is 2. The first-order valence-corrected chi connectivity index (χ1v) is 21.3. The summed E-state index contributed by atoms with van der Waals surface area (Å²) in [5, 5.41) is 2.43. The molecule has 0 spiro atoms. The molecule has 2 amide bonds. The van der Waals surface area contributed by atoms with Crippen LogP contribution in [0.15, 0.2) is 64.0 Å². The zero-order valence-corrected chi connectivity index (χ0v) is 34.7. The minimum atomic E-state index is -2.70. The first kappa shape index (κ1) is 43.0. The van der Waals surface area contributed by atoms with Crippen LogP contribution in [0.2, 0.25) is 18.1 Å². The van der Waals surface area contributed by atoms with Crippen LogP contribution in [-0.2, 0) is 58.7 Å². The first-order valence-electron chi connectivity index (χ1n) is 18.3. The summed E-state index contributed by atoms with van der Waals surface area (Å²) in [6, 6.07) is 9.86. The maximum Gasteiger partial charge on any atom is 0.335 e. The van der Waals surface area contributed by atoms with E-state index >= 15 is 0 Å². The second kappa shape index (κ2) is 16.0. The lowest BCUT2D eigenvalue weighted by Gasteiger charge is -2.40. The fourth-order valence-electron chi connectivity index (χ4n) is 6.16. The Morgan fingerprint density at radius 1 is 1.00 bits per heavy atom. The van der Waals surface area contributed by atoms with Gasteiger partial charge in [0.25, 0.3) is 11.5 Å². The predicted molar refractivity (Wildman–Crippen MR) is 203 cm³/mol. The minimum Gasteiger partial charge on any atom is -0.456 e. The maximum atomic E-state index is 14.0. The molecular weight excluding hydrogens is 749 g/mol. The van der Waals surface area contributed by atoms with Gasteiger partial charge in [0.1, 0.15) is 24.4 Å². The molecule has 18 heteroatoms. The van der Waals surface area contributed by atoms with Gasteiger partial charge in [0.2, 0.25) is 12.2 Å². The number of primary amides is 1. The molecule has 56 heavy (non-hydrogen) atoms. The van der Waals surface area contributed by atoms with E-state index in [1.165, 1.54) is 19.4 Å². The largest absolute Gasteiger partial charge is 0.456 e. The highest BCUT2D eigenvalue weighted by Gasteiger charge is 2.57. The molecule has 2 aromatic rings. The molecule has 8 atom stereocenters. The molecule has 0 bridgehead atoms. The number of nitrogens with zero attached hydrogens (tertiary/aromatic N) is 2. The van der Waals surface area contributed by atoms with Crippen LogP contribution in [0.1, 0.15) is 61.6 Å². The van der Waals surface area contributed by atoms with Crippen LogP contribution in [0, 0.1) is 5.41 Å². The van der Waals surface area contributed by atoms with Crippen LogP contribution >= 0.6 is 0 Å². The van der Waals surface area contributed by atoms with E-state index in [4.69, 9.17) is 43.3 Å². The molecule has 0 saturated carbocycles. The topological polar surface area (TPSA) is 207 Å². The summed E-state index contributed by atoms with van der Waals surface area (Å²) in [7, 11) is -1.31. The Bertz CT molecular complexity index is 1930.